The van der Waals surface area contributed by atoms with Crippen LogP contribution in [-0.2, 0) is 11.2 Å². The van der Waals surface area contributed by atoms with Crippen LogP contribution in [0.2, 0.25) is 0 Å². The molecule has 2 aromatic rings. The van der Waals surface area contributed by atoms with E-state index in [4.69, 9.17) is 10.2 Å². The first kappa shape index (κ1) is 8.81. The molecule has 1 aromatic carbocycles. The van der Waals surface area contributed by atoms with Crippen molar-refractivity contribution in [1.82, 2.24) is 0 Å². The zero-order valence-corrected chi connectivity index (χ0v) is 7.91. The molecule has 72 valence electrons. The molecule has 0 unspecified atom stereocenters. The zero-order valence-electron chi connectivity index (χ0n) is 7.91. The zero-order chi connectivity index (χ0) is 10.1. The Hall–Kier alpha value is -1.77. The summed E-state index contributed by atoms with van der Waals surface area (Å²) < 4.78 is 5.46. The van der Waals surface area contributed by atoms with Crippen molar-refractivity contribution in [3.8, 4) is 0 Å². The van der Waals surface area contributed by atoms with Gasteiger partial charge >= 0.3 is 0 Å². The highest BCUT2D eigenvalue weighted by molar-refractivity contribution is 5.84. The fourth-order valence-corrected chi connectivity index (χ4v) is 1.45. The second-order valence-corrected chi connectivity index (χ2v) is 3.39. The highest BCUT2D eigenvalue weighted by atomic mass is 16.3. The van der Waals surface area contributed by atoms with Crippen LogP contribution in [0.3, 0.4) is 0 Å². The molecule has 2 N–H and O–H groups in total. The molecule has 0 saturated carbocycles. The van der Waals surface area contributed by atoms with Crippen molar-refractivity contribution in [1.29, 1.82) is 0 Å². The third-order valence-electron chi connectivity index (χ3n) is 2.01. The van der Waals surface area contributed by atoms with Crippen LogP contribution in [0.15, 0.2) is 28.7 Å². The third kappa shape index (κ3) is 1.62. The molecule has 0 saturated heterocycles. The first-order valence-electron chi connectivity index (χ1n) is 4.42. The molecule has 0 fully saturated rings. The quantitative estimate of drug-likeness (QED) is 0.736. The molecule has 0 spiro atoms. The number of hydrogen-bond donors (Lipinski definition) is 1. The van der Waals surface area contributed by atoms with Crippen LogP contribution in [-0.4, -0.2) is 5.78 Å². The van der Waals surface area contributed by atoms with Crippen molar-refractivity contribution < 1.29 is 9.21 Å². The van der Waals surface area contributed by atoms with Crippen LogP contribution in [0, 0.1) is 0 Å². The summed E-state index contributed by atoms with van der Waals surface area (Å²) in [6, 6.07) is 7.28. The Morgan fingerprint density at radius 1 is 1.43 bits per heavy atom. The lowest BCUT2D eigenvalue weighted by molar-refractivity contribution is -0.116. The summed E-state index contributed by atoms with van der Waals surface area (Å²) in [6.07, 6.45) is 0.342. The van der Waals surface area contributed by atoms with E-state index in [1.165, 1.54) is 0 Å². The highest BCUT2D eigenvalue weighted by Crippen LogP contribution is 2.21. The Balaban J connectivity index is 2.46. The molecule has 0 atom stereocenters. The fraction of sp³-hybridized carbons (Fsp3) is 0.182. The number of furan rings is 1. The minimum Gasteiger partial charge on any atom is -0.461 e. The van der Waals surface area contributed by atoms with Gasteiger partial charge in [0.15, 0.2) is 0 Å². The van der Waals surface area contributed by atoms with Gasteiger partial charge in [-0.05, 0) is 31.2 Å². The number of fused-ring (bicyclic) bond motifs is 1. The lowest BCUT2D eigenvalue weighted by Gasteiger charge is -1.90. The number of Topliss-reactive ketones (excluding diaryl/α,β-unsaturated/α-hetero) is 1. The molecule has 2 rings (SSSR count). The lowest BCUT2D eigenvalue weighted by atomic mass is 10.2. The van der Waals surface area contributed by atoms with Gasteiger partial charge in [0.05, 0.1) is 6.42 Å². The fourth-order valence-electron chi connectivity index (χ4n) is 1.45. The van der Waals surface area contributed by atoms with Crippen molar-refractivity contribution >= 4 is 22.4 Å². The van der Waals surface area contributed by atoms with Gasteiger partial charge in [-0.25, -0.2) is 0 Å². The molecule has 3 heteroatoms. The number of carbonyl (C=O) groups excluding carboxylic acids is 1. The van der Waals surface area contributed by atoms with E-state index in [-0.39, 0.29) is 5.78 Å². The third-order valence-corrected chi connectivity index (χ3v) is 2.01. The first-order valence-corrected chi connectivity index (χ1v) is 4.42. The topological polar surface area (TPSA) is 56.2 Å². The van der Waals surface area contributed by atoms with Crippen molar-refractivity contribution in [3.63, 3.8) is 0 Å². The van der Waals surface area contributed by atoms with Gasteiger partial charge in [-0.3, -0.25) is 4.79 Å². The predicted molar refractivity (Wildman–Crippen MR) is 55.0 cm³/mol. The second kappa shape index (κ2) is 3.18. The van der Waals surface area contributed by atoms with Crippen LogP contribution < -0.4 is 5.73 Å². The monoisotopic (exact) mass is 189 g/mol. The van der Waals surface area contributed by atoms with Crippen LogP contribution >= 0.6 is 0 Å². The van der Waals surface area contributed by atoms with E-state index in [1.54, 1.807) is 13.0 Å². The molecule has 0 amide bonds. The number of nitrogen functional groups attached to an aromatic ring is 1. The first-order chi connectivity index (χ1) is 6.65. The smallest absolute Gasteiger partial charge is 0.137 e. The number of rotatable bonds is 2. The van der Waals surface area contributed by atoms with Gasteiger partial charge < -0.3 is 10.2 Å². The van der Waals surface area contributed by atoms with E-state index in [9.17, 15) is 4.79 Å². The summed E-state index contributed by atoms with van der Waals surface area (Å²) in [6.45, 7) is 1.54. The van der Waals surface area contributed by atoms with Gasteiger partial charge in [-0.15, -0.1) is 0 Å². The molecule has 3 nitrogen and oxygen atoms in total. The molecular weight excluding hydrogens is 178 g/mol. The number of nitrogens with two attached hydrogens (primary N) is 1. The van der Waals surface area contributed by atoms with Crippen molar-refractivity contribution in [2.24, 2.45) is 0 Å². The maximum atomic E-state index is 10.9. The summed E-state index contributed by atoms with van der Waals surface area (Å²) in [4.78, 5) is 10.9. The number of anilines is 1. The van der Waals surface area contributed by atoms with Crippen molar-refractivity contribution in [3.05, 3.63) is 30.0 Å². The van der Waals surface area contributed by atoms with E-state index in [2.05, 4.69) is 0 Å². The van der Waals surface area contributed by atoms with Gasteiger partial charge in [0, 0.05) is 11.1 Å². The standard InChI is InChI=1S/C11H11NO2/c1-7(13)4-10-6-8-5-9(12)2-3-11(8)14-10/h2-3,5-6H,4,12H2,1H3. The predicted octanol–water partition coefficient (Wildman–Crippen LogP) is 2.15. The maximum Gasteiger partial charge on any atom is 0.137 e. The van der Waals surface area contributed by atoms with E-state index < -0.39 is 0 Å². The molecule has 0 aliphatic carbocycles. The molecular formula is C11H11NO2. The molecule has 0 aliphatic heterocycles. The largest absolute Gasteiger partial charge is 0.461 e. The number of ketones is 1. The minimum absolute atomic E-state index is 0.0945. The molecule has 1 heterocycles. The van der Waals surface area contributed by atoms with E-state index in [1.807, 2.05) is 18.2 Å². The average molecular weight is 189 g/mol. The average Bonchev–Trinajstić information content (AvgIpc) is 2.44. The Morgan fingerprint density at radius 3 is 2.93 bits per heavy atom. The van der Waals surface area contributed by atoms with Crippen molar-refractivity contribution in [2.45, 2.75) is 13.3 Å². The molecule has 0 radical (unpaired) electrons. The van der Waals surface area contributed by atoms with Gasteiger partial charge in [0.2, 0.25) is 0 Å². The number of carbonyl (C=O) groups is 1. The SMILES string of the molecule is CC(=O)Cc1cc2cc(N)ccc2o1. The summed E-state index contributed by atoms with van der Waals surface area (Å²) in [5.41, 5.74) is 7.10. The van der Waals surface area contributed by atoms with Crippen LogP contribution in [0.5, 0.6) is 0 Å². The Morgan fingerprint density at radius 2 is 2.21 bits per heavy atom. The lowest BCUT2D eigenvalue weighted by Crippen LogP contribution is -1.93. The number of benzene rings is 1. The van der Waals surface area contributed by atoms with E-state index in [0.717, 1.165) is 11.0 Å². The minimum atomic E-state index is 0.0945. The van der Waals surface area contributed by atoms with Crippen LogP contribution in [0.25, 0.3) is 11.0 Å². The van der Waals surface area contributed by atoms with Crippen LogP contribution in [0.4, 0.5) is 5.69 Å². The maximum absolute atomic E-state index is 10.9. The Labute approximate surface area is 81.5 Å². The highest BCUT2D eigenvalue weighted by Gasteiger charge is 2.05. The van der Waals surface area contributed by atoms with Crippen LogP contribution in [0.1, 0.15) is 12.7 Å². The van der Waals surface area contributed by atoms with Crippen molar-refractivity contribution in [2.75, 3.05) is 5.73 Å². The van der Waals surface area contributed by atoms with E-state index >= 15 is 0 Å². The van der Waals surface area contributed by atoms with Gasteiger partial charge in [-0.1, -0.05) is 0 Å². The molecule has 1 aromatic heterocycles. The summed E-state index contributed by atoms with van der Waals surface area (Å²) >= 11 is 0. The summed E-state index contributed by atoms with van der Waals surface area (Å²) in [5, 5.41) is 0.946. The molecule has 14 heavy (non-hydrogen) atoms. The van der Waals surface area contributed by atoms with E-state index in [0.29, 0.717) is 17.9 Å². The van der Waals surface area contributed by atoms with Gasteiger partial charge in [0.25, 0.3) is 0 Å². The summed E-state index contributed by atoms with van der Waals surface area (Å²) in [5.74, 6) is 0.787. The molecule has 0 bridgehead atoms. The Bertz CT molecular complexity index is 485. The number of hydrogen-bond acceptors (Lipinski definition) is 3. The molecule has 0 aliphatic rings. The Kier molecular flexibility index (Phi) is 2.00. The normalized spacial score (nSPS) is 10.6. The van der Waals surface area contributed by atoms with Gasteiger partial charge in [-0.2, -0.15) is 0 Å². The van der Waals surface area contributed by atoms with Gasteiger partial charge in [0.1, 0.15) is 17.1 Å². The summed E-state index contributed by atoms with van der Waals surface area (Å²) in [7, 11) is 0. The second-order valence-electron chi connectivity index (χ2n) is 3.39.